The third-order valence-corrected chi connectivity index (χ3v) is 1.29. The van der Waals surface area contributed by atoms with E-state index in [1.807, 2.05) is 0 Å². The molecule has 5 heteroatoms. The van der Waals surface area contributed by atoms with E-state index in [-0.39, 0.29) is 12.7 Å². The molecular formula is C6H11IO4. The molecule has 0 aliphatic carbocycles. The van der Waals surface area contributed by atoms with E-state index in [9.17, 15) is 4.79 Å². The van der Waals surface area contributed by atoms with Crippen molar-refractivity contribution >= 4 is 29.0 Å². The van der Waals surface area contributed by atoms with Crippen molar-refractivity contribution in [3.63, 3.8) is 0 Å². The minimum Gasteiger partial charge on any atom is -0.479 e. The van der Waals surface area contributed by atoms with Gasteiger partial charge in [-0.2, -0.15) is 0 Å². The molecule has 0 aliphatic heterocycles. The summed E-state index contributed by atoms with van der Waals surface area (Å²) in [6.07, 6.45) is -0.949. The Hall–Kier alpha value is 0.120. The van der Waals surface area contributed by atoms with Gasteiger partial charge in [-0.3, -0.25) is 0 Å². The monoisotopic (exact) mass is 274 g/mol. The van der Waals surface area contributed by atoms with Crippen LogP contribution in [-0.2, 0) is 12.6 Å². The van der Waals surface area contributed by atoms with Gasteiger partial charge in [0.05, 0.1) is 12.7 Å². The Morgan fingerprint density at radius 1 is 1.64 bits per heavy atom. The smallest absolute Gasteiger partial charge is 0.335 e. The summed E-state index contributed by atoms with van der Waals surface area (Å²) in [6.45, 7) is 3.64. The van der Waals surface area contributed by atoms with Crippen LogP contribution in [0, 0.1) is 0 Å². The number of carbonyl (C=O) groups is 1. The zero-order valence-corrected chi connectivity index (χ0v) is 8.57. The first-order valence-electron chi connectivity index (χ1n) is 3.19. The van der Waals surface area contributed by atoms with Gasteiger partial charge in [0.25, 0.3) is 0 Å². The van der Waals surface area contributed by atoms with Crippen LogP contribution in [-0.4, -0.2) is 29.9 Å². The highest BCUT2D eigenvalue weighted by Crippen LogP contribution is 2.01. The van der Waals surface area contributed by atoms with Gasteiger partial charge in [-0.05, 0) is 13.8 Å². The molecule has 0 heterocycles. The maximum absolute atomic E-state index is 10.4. The molecule has 0 rings (SSSR count). The minimum absolute atomic E-state index is 0.0775. The molecule has 66 valence electrons. The molecule has 0 aromatic heterocycles. The summed E-state index contributed by atoms with van der Waals surface area (Å²) in [5, 5.41) is 8.54. The standard InChI is InChI=1S/C6H11IO4/c1-4(2)11-5(3-10-7)6(8)9/h4-5H,3H2,1-2H3,(H,8,9)/t5-/m1/s1. The lowest BCUT2D eigenvalue weighted by atomic mass is 10.3. The predicted octanol–water partition coefficient (Wildman–Crippen LogP) is 1.23. The number of rotatable bonds is 5. The molecule has 1 N–H and O–H groups in total. The third kappa shape index (κ3) is 5.40. The van der Waals surface area contributed by atoms with Crippen molar-refractivity contribution in [1.29, 1.82) is 0 Å². The summed E-state index contributed by atoms with van der Waals surface area (Å²) in [6, 6.07) is 0. The maximum Gasteiger partial charge on any atom is 0.335 e. The Kier molecular flexibility index (Phi) is 5.79. The SMILES string of the molecule is CC(C)O[C@H](COI)C(=O)O. The molecule has 4 nitrogen and oxygen atoms in total. The number of carboxylic acids is 1. The molecule has 0 amide bonds. The van der Waals surface area contributed by atoms with Crippen LogP contribution in [0.15, 0.2) is 0 Å². The Morgan fingerprint density at radius 2 is 2.18 bits per heavy atom. The molecule has 0 fully saturated rings. The predicted molar refractivity (Wildman–Crippen MR) is 47.6 cm³/mol. The molecule has 0 bridgehead atoms. The van der Waals surface area contributed by atoms with E-state index in [0.717, 1.165) is 0 Å². The van der Waals surface area contributed by atoms with Gasteiger partial charge in [0.2, 0.25) is 0 Å². The highest BCUT2D eigenvalue weighted by atomic mass is 127. The largest absolute Gasteiger partial charge is 0.479 e. The average Bonchev–Trinajstić information content (AvgIpc) is 1.86. The molecule has 0 saturated carbocycles. The summed E-state index contributed by atoms with van der Waals surface area (Å²) in [7, 11) is 0. The number of halogens is 1. The van der Waals surface area contributed by atoms with E-state index >= 15 is 0 Å². The minimum atomic E-state index is -0.990. The zero-order chi connectivity index (χ0) is 8.85. The normalized spacial score (nSPS) is 13.5. The third-order valence-electron chi connectivity index (χ3n) is 0.926. The topological polar surface area (TPSA) is 55.8 Å². The van der Waals surface area contributed by atoms with Crippen LogP contribution in [0.25, 0.3) is 0 Å². The van der Waals surface area contributed by atoms with Gasteiger partial charge in [0, 0.05) is 0 Å². The van der Waals surface area contributed by atoms with Crippen molar-refractivity contribution in [3.05, 3.63) is 0 Å². The number of carboxylic acid groups (broad SMARTS) is 1. The molecule has 11 heavy (non-hydrogen) atoms. The van der Waals surface area contributed by atoms with Crippen LogP contribution < -0.4 is 0 Å². The first-order chi connectivity index (χ1) is 5.07. The van der Waals surface area contributed by atoms with Gasteiger partial charge in [-0.1, -0.05) is 0 Å². The molecule has 0 spiro atoms. The molecule has 0 aliphatic rings. The fourth-order valence-electron chi connectivity index (χ4n) is 0.555. The van der Waals surface area contributed by atoms with Crippen LogP contribution >= 0.6 is 23.0 Å². The van der Waals surface area contributed by atoms with Crippen molar-refractivity contribution in [2.45, 2.75) is 26.1 Å². The van der Waals surface area contributed by atoms with Crippen molar-refractivity contribution in [3.8, 4) is 0 Å². The fraction of sp³-hybridized carbons (Fsp3) is 0.833. The number of hydrogen-bond donors (Lipinski definition) is 1. The lowest BCUT2D eigenvalue weighted by Crippen LogP contribution is -2.30. The first kappa shape index (κ1) is 11.1. The maximum atomic E-state index is 10.4. The van der Waals surface area contributed by atoms with E-state index < -0.39 is 12.1 Å². The molecule has 1 atom stereocenters. The van der Waals surface area contributed by atoms with E-state index in [2.05, 4.69) is 3.07 Å². The number of aliphatic carboxylic acids is 1. The molecule has 0 aromatic rings. The summed E-state index contributed by atoms with van der Waals surface area (Å²) in [5.74, 6) is -0.990. The van der Waals surface area contributed by atoms with Gasteiger partial charge >= 0.3 is 5.97 Å². The molecular weight excluding hydrogens is 263 g/mol. The van der Waals surface area contributed by atoms with Crippen molar-refractivity contribution < 1.29 is 17.7 Å². The number of hydrogen-bond acceptors (Lipinski definition) is 3. The van der Waals surface area contributed by atoms with Crippen LogP contribution in [0.5, 0.6) is 0 Å². The van der Waals surface area contributed by atoms with E-state index in [1.54, 1.807) is 36.9 Å². The second-order valence-electron chi connectivity index (χ2n) is 2.29. The fourth-order valence-corrected chi connectivity index (χ4v) is 0.881. The summed E-state index contributed by atoms with van der Waals surface area (Å²) >= 11 is 1.64. The van der Waals surface area contributed by atoms with Gasteiger partial charge in [-0.25, -0.2) is 4.79 Å². The Balaban J connectivity index is 3.79. The molecule has 0 aromatic carbocycles. The van der Waals surface area contributed by atoms with Crippen LogP contribution in [0.4, 0.5) is 0 Å². The Bertz CT molecular complexity index is 126. The Morgan fingerprint density at radius 3 is 2.45 bits per heavy atom. The van der Waals surface area contributed by atoms with E-state index in [0.29, 0.717) is 0 Å². The number of ether oxygens (including phenoxy) is 1. The highest BCUT2D eigenvalue weighted by Gasteiger charge is 2.19. The van der Waals surface area contributed by atoms with Gasteiger partial charge in [0.15, 0.2) is 6.10 Å². The van der Waals surface area contributed by atoms with Crippen molar-refractivity contribution in [2.24, 2.45) is 0 Å². The van der Waals surface area contributed by atoms with Crippen LogP contribution in [0.3, 0.4) is 0 Å². The molecule has 0 radical (unpaired) electrons. The van der Waals surface area contributed by atoms with Gasteiger partial charge in [-0.15, -0.1) is 0 Å². The van der Waals surface area contributed by atoms with Gasteiger partial charge < -0.3 is 12.9 Å². The quantitative estimate of drug-likeness (QED) is 0.766. The average molecular weight is 274 g/mol. The zero-order valence-electron chi connectivity index (χ0n) is 6.41. The second kappa shape index (κ2) is 5.73. The lowest BCUT2D eigenvalue weighted by Gasteiger charge is -2.14. The second-order valence-corrected chi connectivity index (χ2v) is 2.91. The van der Waals surface area contributed by atoms with E-state index in [1.165, 1.54) is 0 Å². The summed E-state index contributed by atoms with van der Waals surface area (Å²) < 4.78 is 9.65. The highest BCUT2D eigenvalue weighted by molar-refractivity contribution is 14.1. The summed E-state index contributed by atoms with van der Waals surface area (Å²) in [4.78, 5) is 10.4. The lowest BCUT2D eigenvalue weighted by molar-refractivity contribution is -0.154. The Labute approximate surface area is 79.6 Å². The van der Waals surface area contributed by atoms with Crippen LogP contribution in [0.1, 0.15) is 13.8 Å². The molecule has 0 unspecified atom stereocenters. The van der Waals surface area contributed by atoms with Crippen molar-refractivity contribution in [2.75, 3.05) is 6.61 Å². The van der Waals surface area contributed by atoms with Gasteiger partial charge in [0.1, 0.15) is 23.0 Å². The van der Waals surface area contributed by atoms with Crippen LogP contribution in [0.2, 0.25) is 0 Å². The molecule has 0 saturated heterocycles. The van der Waals surface area contributed by atoms with E-state index in [4.69, 9.17) is 9.84 Å². The first-order valence-corrected chi connectivity index (χ1v) is 4.07. The summed E-state index contributed by atoms with van der Waals surface area (Å²) in [5.41, 5.74) is 0. The van der Waals surface area contributed by atoms with Crippen molar-refractivity contribution in [1.82, 2.24) is 0 Å².